The van der Waals surface area contributed by atoms with Gasteiger partial charge in [0.25, 0.3) is 0 Å². The molecule has 2 N–H and O–H groups in total. The van der Waals surface area contributed by atoms with Crippen LogP contribution in [-0.2, 0) is 21.3 Å². The number of ether oxygens (including phenoxy) is 1. The van der Waals surface area contributed by atoms with Gasteiger partial charge in [-0.05, 0) is 50.1 Å². The lowest BCUT2D eigenvalue weighted by molar-refractivity contribution is 0.0916. The van der Waals surface area contributed by atoms with E-state index < -0.39 is 10.0 Å². The van der Waals surface area contributed by atoms with Gasteiger partial charge in [-0.2, -0.15) is 0 Å². The molecule has 21 heavy (non-hydrogen) atoms. The molecule has 0 bridgehead atoms. The highest BCUT2D eigenvalue weighted by Crippen LogP contribution is 2.25. The van der Waals surface area contributed by atoms with E-state index in [1.807, 2.05) is 0 Å². The van der Waals surface area contributed by atoms with Crippen LogP contribution in [0.25, 0.3) is 0 Å². The smallest absolute Gasteiger partial charge is 0.240 e. The molecule has 0 radical (unpaired) electrons. The lowest BCUT2D eigenvalue weighted by atomic mass is 10.2. The number of halogens is 1. The van der Waals surface area contributed by atoms with Crippen molar-refractivity contribution in [1.29, 1.82) is 0 Å². The summed E-state index contributed by atoms with van der Waals surface area (Å²) in [5.74, 6) is 0. The average molecular weight is 333 g/mol. The third-order valence-electron chi connectivity index (χ3n) is 3.76. The van der Waals surface area contributed by atoms with Gasteiger partial charge in [-0.3, -0.25) is 0 Å². The Labute approximate surface area is 131 Å². The van der Waals surface area contributed by atoms with E-state index in [1.54, 1.807) is 26.3 Å². The summed E-state index contributed by atoms with van der Waals surface area (Å²) in [6, 6.07) is 4.59. The molecule has 1 saturated carbocycles. The fourth-order valence-electron chi connectivity index (χ4n) is 2.65. The first-order valence-electron chi connectivity index (χ1n) is 6.96. The standard InChI is InChI=1S/C14H21ClN2O3S/c1-16-9-10-8-11(6-7-12(10)15)21(18,19)17-13-4-3-5-14(13)20-2/h6-8,13-14,16-17H,3-5,9H2,1-2H3. The van der Waals surface area contributed by atoms with Crippen LogP contribution in [0.3, 0.4) is 0 Å². The molecule has 0 aliphatic heterocycles. The Hall–Kier alpha value is -0.660. The Bertz CT molecular complexity index is 592. The van der Waals surface area contributed by atoms with Gasteiger partial charge in [-0.1, -0.05) is 11.6 Å². The van der Waals surface area contributed by atoms with Crippen molar-refractivity contribution in [3.05, 3.63) is 28.8 Å². The quantitative estimate of drug-likeness (QED) is 0.835. The second kappa shape index (κ2) is 7.07. The van der Waals surface area contributed by atoms with Gasteiger partial charge in [0.15, 0.2) is 0 Å². The fraction of sp³-hybridized carbons (Fsp3) is 0.571. The van der Waals surface area contributed by atoms with Gasteiger partial charge in [0, 0.05) is 24.7 Å². The normalized spacial score (nSPS) is 22.6. The van der Waals surface area contributed by atoms with E-state index in [0.717, 1.165) is 24.8 Å². The summed E-state index contributed by atoms with van der Waals surface area (Å²) in [7, 11) is -0.156. The molecule has 5 nitrogen and oxygen atoms in total. The number of hydrogen-bond donors (Lipinski definition) is 2. The Morgan fingerprint density at radius 3 is 2.81 bits per heavy atom. The van der Waals surface area contributed by atoms with Crippen LogP contribution in [0, 0.1) is 0 Å². The Morgan fingerprint density at radius 2 is 2.14 bits per heavy atom. The molecule has 1 aromatic rings. The summed E-state index contributed by atoms with van der Waals surface area (Å²) < 4.78 is 33.0. The van der Waals surface area contributed by atoms with Crippen molar-refractivity contribution >= 4 is 21.6 Å². The van der Waals surface area contributed by atoms with E-state index >= 15 is 0 Å². The van der Waals surface area contributed by atoms with Crippen molar-refractivity contribution in [3.8, 4) is 0 Å². The summed E-state index contributed by atoms with van der Waals surface area (Å²) in [5, 5.41) is 3.53. The molecular weight excluding hydrogens is 312 g/mol. The predicted octanol–water partition coefficient (Wildman–Crippen LogP) is 1.91. The minimum absolute atomic E-state index is 0.0520. The van der Waals surface area contributed by atoms with Crippen LogP contribution in [0.4, 0.5) is 0 Å². The van der Waals surface area contributed by atoms with Gasteiger partial charge < -0.3 is 10.1 Å². The van der Waals surface area contributed by atoms with Crippen molar-refractivity contribution in [3.63, 3.8) is 0 Å². The maximum atomic E-state index is 12.5. The second-order valence-electron chi connectivity index (χ2n) is 5.22. The molecular formula is C14H21ClN2O3S. The van der Waals surface area contributed by atoms with Gasteiger partial charge >= 0.3 is 0 Å². The van der Waals surface area contributed by atoms with Crippen molar-refractivity contribution in [2.75, 3.05) is 14.2 Å². The molecule has 2 unspecified atom stereocenters. The maximum absolute atomic E-state index is 12.5. The average Bonchev–Trinajstić information content (AvgIpc) is 2.87. The molecule has 1 aromatic carbocycles. The minimum Gasteiger partial charge on any atom is -0.380 e. The maximum Gasteiger partial charge on any atom is 0.240 e. The number of nitrogens with one attached hydrogen (secondary N) is 2. The van der Waals surface area contributed by atoms with Crippen molar-refractivity contribution < 1.29 is 13.2 Å². The SMILES string of the molecule is CNCc1cc(S(=O)(=O)NC2CCCC2OC)ccc1Cl. The number of hydrogen-bond acceptors (Lipinski definition) is 4. The summed E-state index contributed by atoms with van der Waals surface area (Å²) in [6.07, 6.45) is 2.60. The first kappa shape index (κ1) is 16.7. The first-order valence-corrected chi connectivity index (χ1v) is 8.82. The molecule has 2 atom stereocenters. The molecule has 0 spiro atoms. The molecule has 1 aliphatic rings. The van der Waals surface area contributed by atoms with E-state index in [2.05, 4.69) is 10.0 Å². The monoisotopic (exact) mass is 332 g/mol. The molecule has 1 aliphatic carbocycles. The van der Waals surface area contributed by atoms with E-state index in [-0.39, 0.29) is 17.0 Å². The van der Waals surface area contributed by atoms with Gasteiger partial charge in [0.05, 0.1) is 11.0 Å². The van der Waals surface area contributed by atoms with Crippen molar-refractivity contribution in [2.24, 2.45) is 0 Å². The summed E-state index contributed by atoms with van der Waals surface area (Å²) in [6.45, 7) is 0.520. The minimum atomic E-state index is -3.56. The number of rotatable bonds is 6. The van der Waals surface area contributed by atoms with E-state index in [1.165, 1.54) is 6.07 Å². The molecule has 7 heteroatoms. The zero-order valence-electron chi connectivity index (χ0n) is 12.2. The summed E-state index contributed by atoms with van der Waals surface area (Å²) in [4.78, 5) is 0.235. The van der Waals surface area contributed by atoms with E-state index in [9.17, 15) is 8.42 Å². The zero-order valence-corrected chi connectivity index (χ0v) is 13.8. The molecule has 0 heterocycles. The van der Waals surface area contributed by atoms with Crippen LogP contribution >= 0.6 is 11.6 Å². The van der Waals surface area contributed by atoms with Crippen LogP contribution in [0.15, 0.2) is 23.1 Å². The van der Waals surface area contributed by atoms with Crippen LogP contribution < -0.4 is 10.0 Å². The number of benzene rings is 1. The lowest BCUT2D eigenvalue weighted by Crippen LogP contribution is -2.40. The Balaban J connectivity index is 2.21. The van der Waals surface area contributed by atoms with Gasteiger partial charge in [0.1, 0.15) is 0 Å². The van der Waals surface area contributed by atoms with Gasteiger partial charge in [-0.25, -0.2) is 13.1 Å². The van der Waals surface area contributed by atoms with Crippen LogP contribution in [0.2, 0.25) is 5.02 Å². The molecule has 0 amide bonds. The number of methoxy groups -OCH3 is 1. The van der Waals surface area contributed by atoms with Crippen LogP contribution in [-0.4, -0.2) is 34.7 Å². The zero-order chi connectivity index (χ0) is 15.5. The van der Waals surface area contributed by atoms with Gasteiger partial charge in [-0.15, -0.1) is 0 Å². The first-order chi connectivity index (χ1) is 9.97. The van der Waals surface area contributed by atoms with Gasteiger partial charge in [0.2, 0.25) is 10.0 Å². The van der Waals surface area contributed by atoms with Crippen molar-refractivity contribution in [1.82, 2.24) is 10.0 Å². The molecule has 1 fully saturated rings. The summed E-state index contributed by atoms with van der Waals surface area (Å²) in [5.41, 5.74) is 0.761. The molecule has 2 rings (SSSR count). The third kappa shape index (κ3) is 3.96. The van der Waals surface area contributed by atoms with E-state index in [0.29, 0.717) is 11.6 Å². The third-order valence-corrected chi connectivity index (χ3v) is 5.61. The Kier molecular flexibility index (Phi) is 5.62. The highest BCUT2D eigenvalue weighted by molar-refractivity contribution is 7.89. The lowest BCUT2D eigenvalue weighted by Gasteiger charge is -2.20. The fourth-order valence-corrected chi connectivity index (χ4v) is 4.19. The summed E-state index contributed by atoms with van der Waals surface area (Å²) >= 11 is 6.07. The predicted molar refractivity (Wildman–Crippen MR) is 83.0 cm³/mol. The van der Waals surface area contributed by atoms with E-state index in [4.69, 9.17) is 16.3 Å². The van der Waals surface area contributed by atoms with Crippen LogP contribution in [0.5, 0.6) is 0 Å². The van der Waals surface area contributed by atoms with Crippen LogP contribution in [0.1, 0.15) is 24.8 Å². The largest absolute Gasteiger partial charge is 0.380 e. The molecule has 0 saturated heterocycles. The number of sulfonamides is 1. The molecule has 118 valence electrons. The topological polar surface area (TPSA) is 67.4 Å². The highest BCUT2D eigenvalue weighted by Gasteiger charge is 2.31. The Morgan fingerprint density at radius 1 is 1.38 bits per heavy atom. The molecule has 0 aromatic heterocycles. The van der Waals surface area contributed by atoms with Crippen molar-refractivity contribution in [2.45, 2.75) is 42.8 Å². The highest BCUT2D eigenvalue weighted by atomic mass is 35.5. The second-order valence-corrected chi connectivity index (χ2v) is 7.34.